The first-order valence-electron chi connectivity index (χ1n) is 7.58. The molecule has 0 amide bonds. The topological polar surface area (TPSA) is 28.2 Å². The van der Waals surface area contributed by atoms with Crippen molar-refractivity contribution >= 4 is 5.82 Å². The molecule has 0 fully saturated rings. The molecule has 0 radical (unpaired) electrons. The van der Waals surface area contributed by atoms with Crippen molar-refractivity contribution < 1.29 is 0 Å². The van der Waals surface area contributed by atoms with Gasteiger partial charge in [0, 0.05) is 32.4 Å². The van der Waals surface area contributed by atoms with Crippen LogP contribution in [0.5, 0.6) is 0 Å². The van der Waals surface area contributed by atoms with Crippen molar-refractivity contribution in [3.05, 3.63) is 59.8 Å². The number of aromatic nitrogens is 1. The van der Waals surface area contributed by atoms with Gasteiger partial charge in [0.2, 0.25) is 0 Å². The Labute approximate surface area is 128 Å². The third-order valence-corrected chi connectivity index (χ3v) is 3.49. The fourth-order valence-electron chi connectivity index (χ4n) is 2.13. The van der Waals surface area contributed by atoms with Crippen LogP contribution in [-0.4, -0.2) is 24.6 Å². The zero-order valence-electron chi connectivity index (χ0n) is 13.2. The van der Waals surface area contributed by atoms with E-state index in [0.717, 1.165) is 25.3 Å². The Hall–Kier alpha value is -1.87. The molecule has 3 nitrogen and oxygen atoms in total. The Balaban J connectivity index is 1.86. The number of pyridine rings is 1. The molecule has 112 valence electrons. The van der Waals surface area contributed by atoms with E-state index >= 15 is 0 Å². The van der Waals surface area contributed by atoms with Crippen molar-refractivity contribution in [3.63, 3.8) is 0 Å². The first kappa shape index (κ1) is 15.5. The minimum atomic E-state index is 0.498. The van der Waals surface area contributed by atoms with Gasteiger partial charge < -0.3 is 10.2 Å². The number of anilines is 1. The van der Waals surface area contributed by atoms with Crippen molar-refractivity contribution in [2.24, 2.45) is 0 Å². The number of hydrogen-bond donors (Lipinski definition) is 1. The molecule has 0 aliphatic rings. The highest BCUT2D eigenvalue weighted by molar-refractivity contribution is 5.38. The minimum Gasteiger partial charge on any atom is -0.359 e. The normalized spacial score (nSPS) is 10.9. The monoisotopic (exact) mass is 283 g/mol. The number of nitrogens with zero attached hydrogens (tertiary/aromatic N) is 2. The van der Waals surface area contributed by atoms with Crippen LogP contribution in [0.15, 0.2) is 48.7 Å². The Kier molecular flexibility index (Phi) is 5.76. The zero-order chi connectivity index (χ0) is 15.1. The van der Waals surface area contributed by atoms with Gasteiger partial charge in [-0.05, 0) is 23.6 Å². The predicted molar refractivity (Wildman–Crippen MR) is 89.6 cm³/mol. The summed E-state index contributed by atoms with van der Waals surface area (Å²) >= 11 is 0. The van der Waals surface area contributed by atoms with Gasteiger partial charge in [0.25, 0.3) is 0 Å². The highest BCUT2D eigenvalue weighted by atomic mass is 15.2. The van der Waals surface area contributed by atoms with E-state index in [1.54, 1.807) is 0 Å². The molecule has 21 heavy (non-hydrogen) atoms. The van der Waals surface area contributed by atoms with E-state index in [0.29, 0.717) is 6.04 Å². The molecule has 0 atom stereocenters. The van der Waals surface area contributed by atoms with Crippen molar-refractivity contribution in [1.29, 1.82) is 0 Å². The SMILES string of the molecule is CC(C)NCc1ccc(N(C)CCc2ccccc2)nc1. The lowest BCUT2D eigenvalue weighted by Crippen LogP contribution is -2.23. The van der Waals surface area contributed by atoms with E-state index in [4.69, 9.17) is 0 Å². The number of likely N-dealkylation sites (N-methyl/N-ethyl adjacent to an activating group) is 1. The van der Waals surface area contributed by atoms with Crippen LogP contribution in [0.25, 0.3) is 0 Å². The predicted octanol–water partition coefficient (Wildman–Crippen LogP) is 3.26. The molecular formula is C18H25N3. The summed E-state index contributed by atoms with van der Waals surface area (Å²) < 4.78 is 0. The van der Waals surface area contributed by atoms with E-state index in [1.807, 2.05) is 6.20 Å². The summed E-state index contributed by atoms with van der Waals surface area (Å²) in [5, 5.41) is 3.40. The summed E-state index contributed by atoms with van der Waals surface area (Å²) in [4.78, 5) is 6.76. The summed E-state index contributed by atoms with van der Waals surface area (Å²) in [5.74, 6) is 1.03. The number of hydrogen-bond acceptors (Lipinski definition) is 3. The van der Waals surface area contributed by atoms with Crippen LogP contribution in [0.1, 0.15) is 25.0 Å². The van der Waals surface area contributed by atoms with Gasteiger partial charge >= 0.3 is 0 Å². The molecule has 2 aromatic rings. The number of nitrogens with one attached hydrogen (secondary N) is 1. The highest BCUT2D eigenvalue weighted by Gasteiger charge is 2.03. The standard InChI is InChI=1S/C18H25N3/c1-15(2)19-13-17-9-10-18(20-14-17)21(3)12-11-16-7-5-4-6-8-16/h4-10,14-15,19H,11-13H2,1-3H3. The maximum Gasteiger partial charge on any atom is 0.128 e. The van der Waals surface area contributed by atoms with E-state index in [-0.39, 0.29) is 0 Å². The van der Waals surface area contributed by atoms with Crippen molar-refractivity contribution in [3.8, 4) is 0 Å². The van der Waals surface area contributed by atoms with E-state index in [9.17, 15) is 0 Å². The van der Waals surface area contributed by atoms with Crippen LogP contribution in [0.4, 0.5) is 5.82 Å². The van der Waals surface area contributed by atoms with Crippen LogP contribution in [0, 0.1) is 0 Å². The second-order valence-corrected chi connectivity index (χ2v) is 5.72. The Morgan fingerprint density at radius 1 is 1.05 bits per heavy atom. The van der Waals surface area contributed by atoms with Crippen LogP contribution >= 0.6 is 0 Å². The van der Waals surface area contributed by atoms with Crippen LogP contribution in [0.2, 0.25) is 0 Å². The third-order valence-electron chi connectivity index (χ3n) is 3.49. The second-order valence-electron chi connectivity index (χ2n) is 5.72. The molecule has 0 spiro atoms. The highest BCUT2D eigenvalue weighted by Crippen LogP contribution is 2.11. The smallest absolute Gasteiger partial charge is 0.128 e. The quantitative estimate of drug-likeness (QED) is 0.845. The van der Waals surface area contributed by atoms with Gasteiger partial charge in [-0.15, -0.1) is 0 Å². The minimum absolute atomic E-state index is 0.498. The Morgan fingerprint density at radius 2 is 1.81 bits per heavy atom. The van der Waals surface area contributed by atoms with Gasteiger partial charge in [-0.2, -0.15) is 0 Å². The lowest BCUT2D eigenvalue weighted by Gasteiger charge is -2.18. The van der Waals surface area contributed by atoms with Gasteiger partial charge in [0.05, 0.1) is 0 Å². The molecule has 1 N–H and O–H groups in total. The zero-order valence-corrected chi connectivity index (χ0v) is 13.2. The van der Waals surface area contributed by atoms with Gasteiger partial charge in [-0.1, -0.05) is 50.2 Å². The molecule has 0 saturated heterocycles. The summed E-state index contributed by atoms with van der Waals surface area (Å²) in [5.41, 5.74) is 2.59. The molecule has 0 unspecified atom stereocenters. The Bertz CT molecular complexity index is 520. The molecule has 1 heterocycles. The summed E-state index contributed by atoms with van der Waals surface area (Å²) in [6.45, 7) is 6.15. The van der Waals surface area contributed by atoms with Gasteiger partial charge in [-0.25, -0.2) is 4.98 Å². The molecular weight excluding hydrogens is 258 g/mol. The second kappa shape index (κ2) is 7.79. The average Bonchev–Trinajstić information content (AvgIpc) is 2.52. The first-order valence-corrected chi connectivity index (χ1v) is 7.58. The van der Waals surface area contributed by atoms with Crippen LogP contribution in [0.3, 0.4) is 0 Å². The molecule has 1 aromatic carbocycles. The van der Waals surface area contributed by atoms with Crippen molar-refractivity contribution in [2.45, 2.75) is 32.9 Å². The molecule has 3 heteroatoms. The summed E-state index contributed by atoms with van der Waals surface area (Å²) in [7, 11) is 2.09. The fourth-order valence-corrected chi connectivity index (χ4v) is 2.13. The van der Waals surface area contributed by atoms with Crippen LogP contribution in [-0.2, 0) is 13.0 Å². The lowest BCUT2D eigenvalue weighted by molar-refractivity contribution is 0.588. The number of rotatable bonds is 7. The van der Waals surface area contributed by atoms with Crippen LogP contribution < -0.4 is 10.2 Å². The van der Waals surface area contributed by atoms with E-state index in [2.05, 4.69) is 78.6 Å². The van der Waals surface area contributed by atoms with Crippen molar-refractivity contribution in [1.82, 2.24) is 10.3 Å². The van der Waals surface area contributed by atoms with E-state index < -0.39 is 0 Å². The maximum atomic E-state index is 4.55. The molecule has 0 aliphatic carbocycles. The maximum absolute atomic E-state index is 4.55. The van der Waals surface area contributed by atoms with E-state index in [1.165, 1.54) is 11.1 Å². The van der Waals surface area contributed by atoms with Gasteiger partial charge in [0.1, 0.15) is 5.82 Å². The fraction of sp³-hybridized carbons (Fsp3) is 0.389. The molecule has 1 aromatic heterocycles. The molecule has 0 aliphatic heterocycles. The molecule has 0 saturated carbocycles. The van der Waals surface area contributed by atoms with Crippen molar-refractivity contribution in [2.75, 3.05) is 18.5 Å². The molecule has 0 bridgehead atoms. The van der Waals surface area contributed by atoms with Gasteiger partial charge in [-0.3, -0.25) is 0 Å². The van der Waals surface area contributed by atoms with Gasteiger partial charge in [0.15, 0.2) is 0 Å². The Morgan fingerprint density at radius 3 is 2.43 bits per heavy atom. The largest absolute Gasteiger partial charge is 0.359 e. The molecule has 2 rings (SSSR count). The summed E-state index contributed by atoms with van der Waals surface area (Å²) in [6, 6.07) is 15.3. The number of benzene rings is 1. The first-order chi connectivity index (χ1) is 10.1. The lowest BCUT2D eigenvalue weighted by atomic mass is 10.1. The average molecular weight is 283 g/mol. The third kappa shape index (κ3) is 5.20. The summed E-state index contributed by atoms with van der Waals surface area (Å²) in [6.07, 6.45) is 3.00.